The molecule has 0 bridgehead atoms. The quantitative estimate of drug-likeness (QED) is 0.826. The number of amides is 1. The SMILES string of the molecule is CC(=O)NC1CCN(c2cc(Cl)c(Cl)cc2N)CC1. The van der Waals surface area contributed by atoms with Gasteiger partial charge in [-0.15, -0.1) is 0 Å². The molecule has 0 spiro atoms. The minimum Gasteiger partial charge on any atom is -0.397 e. The molecule has 0 radical (unpaired) electrons. The number of halogens is 2. The van der Waals surface area contributed by atoms with Gasteiger partial charge in [0.15, 0.2) is 0 Å². The highest BCUT2D eigenvalue weighted by Crippen LogP contribution is 2.34. The molecule has 0 atom stereocenters. The standard InChI is InChI=1S/C13H17Cl2N3O/c1-8(19)17-9-2-4-18(5-3-9)13-7-11(15)10(14)6-12(13)16/h6-7,9H,2-5,16H2,1H3,(H,17,19). The predicted octanol–water partition coefficient (Wildman–Crippen LogP) is 2.68. The largest absolute Gasteiger partial charge is 0.397 e. The number of carbonyl (C=O) groups excluding carboxylic acids is 1. The Bertz CT molecular complexity index is 485. The summed E-state index contributed by atoms with van der Waals surface area (Å²) in [5.74, 6) is 0.0208. The Morgan fingerprint density at radius 3 is 2.47 bits per heavy atom. The van der Waals surface area contributed by atoms with E-state index in [0.717, 1.165) is 31.6 Å². The lowest BCUT2D eigenvalue weighted by atomic mass is 10.0. The van der Waals surface area contributed by atoms with E-state index in [0.29, 0.717) is 15.7 Å². The van der Waals surface area contributed by atoms with Crippen LogP contribution in [0.5, 0.6) is 0 Å². The fraction of sp³-hybridized carbons (Fsp3) is 0.462. The maximum atomic E-state index is 11.0. The molecule has 19 heavy (non-hydrogen) atoms. The Kier molecular flexibility index (Phi) is 4.42. The molecule has 1 aromatic carbocycles. The maximum absolute atomic E-state index is 11.0. The van der Waals surface area contributed by atoms with Gasteiger partial charge < -0.3 is 16.0 Å². The van der Waals surface area contributed by atoms with Crippen molar-refractivity contribution in [2.24, 2.45) is 0 Å². The number of rotatable bonds is 2. The van der Waals surface area contributed by atoms with Crippen molar-refractivity contribution < 1.29 is 4.79 Å². The van der Waals surface area contributed by atoms with Crippen molar-refractivity contribution in [3.63, 3.8) is 0 Å². The van der Waals surface area contributed by atoms with E-state index in [-0.39, 0.29) is 11.9 Å². The van der Waals surface area contributed by atoms with E-state index >= 15 is 0 Å². The molecular formula is C13H17Cl2N3O. The zero-order chi connectivity index (χ0) is 14.0. The molecule has 1 aliphatic heterocycles. The molecule has 0 unspecified atom stereocenters. The highest BCUT2D eigenvalue weighted by molar-refractivity contribution is 6.42. The van der Waals surface area contributed by atoms with E-state index in [1.54, 1.807) is 19.1 Å². The summed E-state index contributed by atoms with van der Waals surface area (Å²) in [4.78, 5) is 13.2. The van der Waals surface area contributed by atoms with Gasteiger partial charge in [0.1, 0.15) is 0 Å². The van der Waals surface area contributed by atoms with Crippen LogP contribution in [0.2, 0.25) is 10.0 Å². The van der Waals surface area contributed by atoms with Crippen molar-refractivity contribution in [2.45, 2.75) is 25.8 Å². The van der Waals surface area contributed by atoms with E-state index in [1.165, 1.54) is 0 Å². The van der Waals surface area contributed by atoms with Crippen LogP contribution >= 0.6 is 23.2 Å². The summed E-state index contributed by atoms with van der Waals surface area (Å²) in [6.07, 6.45) is 1.80. The minimum absolute atomic E-state index is 0.0208. The van der Waals surface area contributed by atoms with Gasteiger partial charge in [0.05, 0.1) is 21.4 Å². The first-order valence-corrected chi connectivity index (χ1v) is 6.99. The van der Waals surface area contributed by atoms with Gasteiger partial charge in [-0.05, 0) is 25.0 Å². The van der Waals surface area contributed by atoms with Crippen LogP contribution in [-0.2, 0) is 4.79 Å². The van der Waals surface area contributed by atoms with Gasteiger partial charge in [-0.1, -0.05) is 23.2 Å². The van der Waals surface area contributed by atoms with Crippen molar-refractivity contribution in [1.29, 1.82) is 0 Å². The fourth-order valence-electron chi connectivity index (χ4n) is 2.38. The number of anilines is 2. The molecule has 6 heteroatoms. The topological polar surface area (TPSA) is 58.4 Å². The summed E-state index contributed by atoms with van der Waals surface area (Å²) in [6.45, 7) is 3.23. The van der Waals surface area contributed by atoms with Crippen molar-refractivity contribution >= 4 is 40.5 Å². The molecule has 1 aliphatic rings. The lowest BCUT2D eigenvalue weighted by Gasteiger charge is -2.34. The van der Waals surface area contributed by atoms with Gasteiger partial charge in [0.2, 0.25) is 5.91 Å². The first-order chi connectivity index (χ1) is 8.97. The summed E-state index contributed by atoms with van der Waals surface area (Å²) < 4.78 is 0. The van der Waals surface area contributed by atoms with Gasteiger partial charge in [-0.2, -0.15) is 0 Å². The normalized spacial score (nSPS) is 16.5. The maximum Gasteiger partial charge on any atom is 0.217 e. The number of nitrogens with zero attached hydrogens (tertiary/aromatic N) is 1. The molecule has 2 rings (SSSR count). The number of benzene rings is 1. The first kappa shape index (κ1) is 14.3. The molecule has 1 saturated heterocycles. The number of nitrogens with one attached hydrogen (secondary N) is 1. The fourth-order valence-corrected chi connectivity index (χ4v) is 2.71. The van der Waals surface area contributed by atoms with Gasteiger partial charge in [-0.25, -0.2) is 0 Å². The summed E-state index contributed by atoms with van der Waals surface area (Å²) in [5.41, 5.74) is 7.53. The third kappa shape index (κ3) is 3.45. The third-order valence-electron chi connectivity index (χ3n) is 3.31. The van der Waals surface area contributed by atoms with Crippen molar-refractivity contribution in [2.75, 3.05) is 23.7 Å². The zero-order valence-electron chi connectivity index (χ0n) is 10.7. The van der Waals surface area contributed by atoms with Crippen LogP contribution in [0, 0.1) is 0 Å². The molecule has 0 aromatic heterocycles. The van der Waals surface area contributed by atoms with E-state index in [4.69, 9.17) is 28.9 Å². The average molecular weight is 302 g/mol. The molecule has 0 saturated carbocycles. The molecule has 3 N–H and O–H groups in total. The Balaban J connectivity index is 2.05. The lowest BCUT2D eigenvalue weighted by molar-refractivity contribution is -0.119. The molecule has 0 aliphatic carbocycles. The van der Waals surface area contributed by atoms with Crippen LogP contribution in [0.3, 0.4) is 0 Å². The third-order valence-corrected chi connectivity index (χ3v) is 4.03. The van der Waals surface area contributed by atoms with E-state index in [9.17, 15) is 4.79 Å². The van der Waals surface area contributed by atoms with Gasteiger partial charge >= 0.3 is 0 Å². The summed E-state index contributed by atoms with van der Waals surface area (Å²) in [5, 5.41) is 3.92. The smallest absolute Gasteiger partial charge is 0.217 e. The van der Waals surface area contributed by atoms with Crippen LogP contribution in [0.15, 0.2) is 12.1 Å². The number of carbonyl (C=O) groups is 1. The number of nitrogens with two attached hydrogens (primary N) is 1. The van der Waals surface area contributed by atoms with Gasteiger partial charge in [0.25, 0.3) is 0 Å². The van der Waals surface area contributed by atoms with Gasteiger partial charge in [-0.3, -0.25) is 4.79 Å². The van der Waals surface area contributed by atoms with Crippen molar-refractivity contribution in [1.82, 2.24) is 5.32 Å². The number of nitrogen functional groups attached to an aromatic ring is 1. The molecule has 4 nitrogen and oxygen atoms in total. The second-order valence-electron chi connectivity index (χ2n) is 4.79. The van der Waals surface area contributed by atoms with E-state index in [2.05, 4.69) is 10.2 Å². The Hall–Kier alpha value is -1.13. The number of piperidine rings is 1. The van der Waals surface area contributed by atoms with Crippen LogP contribution in [0.1, 0.15) is 19.8 Å². The molecule has 1 amide bonds. The molecular weight excluding hydrogens is 285 g/mol. The van der Waals surface area contributed by atoms with Crippen LogP contribution < -0.4 is 16.0 Å². The number of hydrogen-bond acceptors (Lipinski definition) is 3. The van der Waals surface area contributed by atoms with Crippen molar-refractivity contribution in [3.05, 3.63) is 22.2 Å². The molecule has 104 valence electrons. The van der Waals surface area contributed by atoms with Gasteiger partial charge in [0, 0.05) is 26.1 Å². The molecule has 1 aromatic rings. The minimum atomic E-state index is 0.0208. The van der Waals surface area contributed by atoms with Crippen LogP contribution in [0.4, 0.5) is 11.4 Å². The highest BCUT2D eigenvalue weighted by Gasteiger charge is 2.21. The molecule has 1 heterocycles. The second kappa shape index (κ2) is 5.88. The van der Waals surface area contributed by atoms with Crippen molar-refractivity contribution in [3.8, 4) is 0 Å². The Morgan fingerprint density at radius 2 is 1.89 bits per heavy atom. The Morgan fingerprint density at radius 1 is 1.32 bits per heavy atom. The van der Waals surface area contributed by atoms with E-state index < -0.39 is 0 Å². The average Bonchev–Trinajstić information content (AvgIpc) is 2.34. The first-order valence-electron chi connectivity index (χ1n) is 6.24. The summed E-state index contributed by atoms with van der Waals surface area (Å²) in [7, 11) is 0. The monoisotopic (exact) mass is 301 g/mol. The highest BCUT2D eigenvalue weighted by atomic mass is 35.5. The lowest BCUT2D eigenvalue weighted by Crippen LogP contribution is -2.44. The van der Waals surface area contributed by atoms with Crippen LogP contribution in [0.25, 0.3) is 0 Å². The Labute approximate surface area is 122 Å². The zero-order valence-corrected chi connectivity index (χ0v) is 12.3. The van der Waals surface area contributed by atoms with E-state index in [1.807, 2.05) is 0 Å². The summed E-state index contributed by atoms with van der Waals surface area (Å²) >= 11 is 12.0. The second-order valence-corrected chi connectivity index (χ2v) is 5.60. The predicted molar refractivity (Wildman–Crippen MR) is 79.9 cm³/mol. The van der Waals surface area contributed by atoms with Crippen LogP contribution in [-0.4, -0.2) is 25.0 Å². The number of hydrogen-bond donors (Lipinski definition) is 2. The summed E-state index contributed by atoms with van der Waals surface area (Å²) in [6, 6.07) is 3.73. The molecule has 1 fully saturated rings.